The van der Waals surface area contributed by atoms with E-state index >= 15 is 0 Å². The fourth-order valence-electron chi connectivity index (χ4n) is 5.64. The second-order valence-corrected chi connectivity index (χ2v) is 11.3. The zero-order valence-electron chi connectivity index (χ0n) is 25.8. The van der Waals surface area contributed by atoms with Crippen LogP contribution in [0.3, 0.4) is 0 Å². The van der Waals surface area contributed by atoms with Crippen molar-refractivity contribution in [2.75, 3.05) is 0 Å². The molecular weight excluding hydrogens is 589 g/mol. The fourth-order valence-corrected chi connectivity index (χ4v) is 5.64. The minimum Gasteiger partial charge on any atom is -0.264 e. The van der Waals surface area contributed by atoms with Gasteiger partial charge in [-0.05, 0) is 64.7 Å². The molecule has 8 aromatic rings. The molecule has 0 saturated heterocycles. The van der Waals surface area contributed by atoms with Crippen LogP contribution in [-0.4, -0.2) is 29.9 Å². The first-order valence-corrected chi connectivity index (χ1v) is 15.7. The lowest BCUT2D eigenvalue weighted by Gasteiger charge is -2.11. The highest BCUT2D eigenvalue weighted by molar-refractivity contribution is 5.78. The summed E-state index contributed by atoms with van der Waals surface area (Å²) in [6.45, 7) is 0. The first-order chi connectivity index (χ1) is 23.8. The van der Waals surface area contributed by atoms with Gasteiger partial charge in [0.1, 0.15) is 0 Å². The Morgan fingerprint density at radius 2 is 0.854 bits per heavy atom. The second-order valence-electron chi connectivity index (χ2n) is 11.3. The number of hydrogen-bond donors (Lipinski definition) is 0. The summed E-state index contributed by atoms with van der Waals surface area (Å²) < 4.78 is 0. The molecule has 6 heteroatoms. The summed E-state index contributed by atoms with van der Waals surface area (Å²) in [5.41, 5.74) is 10.5. The van der Waals surface area contributed by atoms with Gasteiger partial charge in [0.05, 0.1) is 17.1 Å². The van der Waals surface area contributed by atoms with E-state index in [-0.39, 0.29) is 0 Å². The molecule has 4 heterocycles. The zero-order chi connectivity index (χ0) is 32.1. The highest BCUT2D eigenvalue weighted by atomic mass is 15.0. The number of pyridine rings is 3. The van der Waals surface area contributed by atoms with Crippen LogP contribution >= 0.6 is 0 Å². The molecule has 0 unspecified atom stereocenters. The third-order valence-electron chi connectivity index (χ3n) is 8.08. The van der Waals surface area contributed by atoms with Crippen LogP contribution < -0.4 is 0 Å². The average Bonchev–Trinajstić information content (AvgIpc) is 3.19. The predicted molar refractivity (Wildman–Crippen MR) is 191 cm³/mol. The van der Waals surface area contributed by atoms with Gasteiger partial charge in [0.2, 0.25) is 0 Å². The largest absolute Gasteiger partial charge is 0.264 e. The summed E-state index contributed by atoms with van der Waals surface area (Å²) in [5.74, 6) is 1.91. The molecule has 0 amide bonds. The molecule has 0 aliphatic heterocycles. The third kappa shape index (κ3) is 6.10. The van der Waals surface area contributed by atoms with Crippen LogP contribution in [0, 0.1) is 0 Å². The number of nitrogens with zero attached hydrogens (tertiary/aromatic N) is 6. The molecule has 0 N–H and O–H groups in total. The van der Waals surface area contributed by atoms with Crippen molar-refractivity contribution < 1.29 is 0 Å². The van der Waals surface area contributed by atoms with E-state index in [0.29, 0.717) is 17.5 Å². The topological polar surface area (TPSA) is 77.3 Å². The molecular formula is C42H28N6. The Labute approximate surface area is 278 Å². The molecule has 0 saturated carbocycles. The smallest absolute Gasteiger partial charge is 0.164 e. The lowest BCUT2D eigenvalue weighted by atomic mass is 9.97. The van der Waals surface area contributed by atoms with E-state index in [1.165, 1.54) is 0 Å². The van der Waals surface area contributed by atoms with Crippen molar-refractivity contribution in [1.82, 2.24) is 29.9 Å². The van der Waals surface area contributed by atoms with Crippen molar-refractivity contribution in [1.29, 1.82) is 0 Å². The number of aromatic nitrogens is 6. The summed E-state index contributed by atoms with van der Waals surface area (Å²) in [6, 6.07) is 51.0. The molecule has 0 aliphatic rings. The maximum Gasteiger partial charge on any atom is 0.164 e. The van der Waals surface area contributed by atoms with Crippen molar-refractivity contribution in [3.8, 4) is 79.1 Å². The van der Waals surface area contributed by atoms with Gasteiger partial charge in [0, 0.05) is 40.8 Å². The van der Waals surface area contributed by atoms with Crippen LogP contribution in [0.25, 0.3) is 79.1 Å². The summed E-state index contributed by atoms with van der Waals surface area (Å²) in [4.78, 5) is 28.5. The monoisotopic (exact) mass is 616 g/mol. The first kappa shape index (κ1) is 28.8. The first-order valence-electron chi connectivity index (χ1n) is 15.7. The van der Waals surface area contributed by atoms with Crippen LogP contribution in [0.2, 0.25) is 0 Å². The Morgan fingerprint density at radius 3 is 1.48 bits per heavy atom. The minimum atomic E-state index is 0.628. The maximum absolute atomic E-state index is 4.94. The van der Waals surface area contributed by atoms with E-state index in [0.717, 1.165) is 61.6 Å². The zero-order valence-corrected chi connectivity index (χ0v) is 25.8. The van der Waals surface area contributed by atoms with E-state index in [2.05, 4.69) is 64.6 Å². The van der Waals surface area contributed by atoms with E-state index in [1.807, 2.05) is 103 Å². The van der Waals surface area contributed by atoms with Crippen LogP contribution in [-0.2, 0) is 0 Å². The van der Waals surface area contributed by atoms with Gasteiger partial charge >= 0.3 is 0 Å². The van der Waals surface area contributed by atoms with E-state index in [4.69, 9.17) is 19.9 Å². The molecule has 4 aromatic carbocycles. The molecule has 0 fully saturated rings. The van der Waals surface area contributed by atoms with Gasteiger partial charge in [-0.25, -0.2) is 19.9 Å². The molecule has 0 atom stereocenters. The standard InChI is InChI=1S/C42H28N6/c1-3-11-31(12-4-1)40-46-41(32-13-5-2-6-14-32)48-42(47-40)34-16-9-15-33(25-34)29-19-21-30(22-20-29)36-26-38(35-17-10-23-43-28-35)45-39(27-36)37-18-7-8-24-44-37/h1-28H. The normalized spacial score (nSPS) is 10.9. The van der Waals surface area contributed by atoms with Crippen molar-refractivity contribution in [2.45, 2.75) is 0 Å². The molecule has 0 aliphatic carbocycles. The van der Waals surface area contributed by atoms with Crippen molar-refractivity contribution in [2.24, 2.45) is 0 Å². The summed E-state index contributed by atoms with van der Waals surface area (Å²) in [6.07, 6.45) is 5.40. The Balaban J connectivity index is 1.16. The van der Waals surface area contributed by atoms with Gasteiger partial charge in [-0.15, -0.1) is 0 Å². The fraction of sp³-hybridized carbons (Fsp3) is 0. The molecule has 8 rings (SSSR count). The molecule has 4 aromatic heterocycles. The molecule has 48 heavy (non-hydrogen) atoms. The summed E-state index contributed by atoms with van der Waals surface area (Å²) >= 11 is 0. The van der Waals surface area contributed by atoms with Gasteiger partial charge in [0.15, 0.2) is 17.5 Å². The molecule has 0 radical (unpaired) electrons. The Morgan fingerprint density at radius 1 is 0.292 bits per heavy atom. The van der Waals surface area contributed by atoms with Crippen LogP contribution in [0.1, 0.15) is 0 Å². The minimum absolute atomic E-state index is 0.628. The van der Waals surface area contributed by atoms with E-state index in [9.17, 15) is 0 Å². The van der Waals surface area contributed by atoms with Gasteiger partial charge in [-0.1, -0.05) is 109 Å². The second kappa shape index (κ2) is 13.0. The molecule has 0 bridgehead atoms. The van der Waals surface area contributed by atoms with Gasteiger partial charge in [-0.2, -0.15) is 0 Å². The van der Waals surface area contributed by atoms with Crippen LogP contribution in [0.4, 0.5) is 0 Å². The highest BCUT2D eigenvalue weighted by Gasteiger charge is 2.14. The lowest BCUT2D eigenvalue weighted by Crippen LogP contribution is -2.00. The number of rotatable bonds is 7. The molecule has 6 nitrogen and oxygen atoms in total. The molecule has 0 spiro atoms. The predicted octanol–water partition coefficient (Wildman–Crippen LogP) is 9.73. The third-order valence-corrected chi connectivity index (χ3v) is 8.08. The Kier molecular flexibility index (Phi) is 7.79. The van der Waals surface area contributed by atoms with Gasteiger partial charge < -0.3 is 0 Å². The molecule has 226 valence electrons. The van der Waals surface area contributed by atoms with Crippen LogP contribution in [0.5, 0.6) is 0 Å². The van der Waals surface area contributed by atoms with Crippen LogP contribution in [0.15, 0.2) is 170 Å². The van der Waals surface area contributed by atoms with Crippen molar-refractivity contribution in [3.63, 3.8) is 0 Å². The van der Waals surface area contributed by atoms with E-state index in [1.54, 1.807) is 12.4 Å². The number of hydrogen-bond acceptors (Lipinski definition) is 6. The summed E-state index contributed by atoms with van der Waals surface area (Å²) in [7, 11) is 0. The lowest BCUT2D eigenvalue weighted by molar-refractivity contribution is 1.07. The Bertz CT molecular complexity index is 2190. The van der Waals surface area contributed by atoms with Crippen molar-refractivity contribution >= 4 is 0 Å². The summed E-state index contributed by atoms with van der Waals surface area (Å²) in [5, 5.41) is 0. The van der Waals surface area contributed by atoms with E-state index < -0.39 is 0 Å². The Hall–Kier alpha value is -6.66. The van der Waals surface area contributed by atoms with Crippen molar-refractivity contribution in [3.05, 3.63) is 170 Å². The highest BCUT2D eigenvalue weighted by Crippen LogP contribution is 2.32. The SMILES string of the molecule is c1ccc(-c2nc(-c3ccccc3)nc(-c3cccc(-c4ccc(-c5cc(-c6cccnc6)nc(-c6ccccn6)c5)cc4)c3)n2)cc1. The quantitative estimate of drug-likeness (QED) is 0.177. The van der Waals surface area contributed by atoms with Gasteiger partial charge in [0.25, 0.3) is 0 Å². The van der Waals surface area contributed by atoms with Gasteiger partial charge in [-0.3, -0.25) is 9.97 Å². The maximum atomic E-state index is 4.94. The average molecular weight is 617 g/mol. The number of benzene rings is 4.